The fourth-order valence-corrected chi connectivity index (χ4v) is 1.65. The highest BCUT2D eigenvalue weighted by Crippen LogP contribution is 2.19. The minimum absolute atomic E-state index is 0.000519. The second-order valence-electron chi connectivity index (χ2n) is 4.43. The van der Waals surface area contributed by atoms with Crippen LogP contribution in [0.3, 0.4) is 0 Å². The Balaban J connectivity index is 2.44. The molecule has 1 aromatic rings. The predicted octanol–water partition coefficient (Wildman–Crippen LogP) is 1.35. The minimum Gasteiger partial charge on any atom is -0.358 e. The van der Waals surface area contributed by atoms with Crippen LogP contribution in [0.2, 0.25) is 0 Å². The minimum atomic E-state index is -0.104. The largest absolute Gasteiger partial charge is 0.358 e. The van der Waals surface area contributed by atoms with E-state index in [-0.39, 0.29) is 11.3 Å². The third-order valence-corrected chi connectivity index (χ3v) is 2.79. The first-order valence-corrected chi connectivity index (χ1v) is 6.20. The van der Waals surface area contributed by atoms with E-state index >= 15 is 0 Å². The standard InChI is InChI=1S/C10H17N3O2S/c1-10(2,3)9-12-8(15-13-9)6-16-5-7(14)11-4/h5-6H2,1-4H3,(H,11,14). The molecule has 0 atom stereocenters. The Hall–Kier alpha value is -1.04. The van der Waals surface area contributed by atoms with Gasteiger partial charge in [0.05, 0.1) is 11.5 Å². The molecule has 0 radical (unpaired) electrons. The van der Waals surface area contributed by atoms with E-state index < -0.39 is 0 Å². The van der Waals surface area contributed by atoms with Crippen molar-refractivity contribution in [2.45, 2.75) is 31.9 Å². The topological polar surface area (TPSA) is 68.0 Å². The quantitative estimate of drug-likeness (QED) is 0.864. The van der Waals surface area contributed by atoms with Crippen molar-refractivity contribution in [3.63, 3.8) is 0 Å². The fourth-order valence-electron chi connectivity index (χ4n) is 0.921. The van der Waals surface area contributed by atoms with E-state index in [1.54, 1.807) is 7.05 Å². The van der Waals surface area contributed by atoms with E-state index in [1.165, 1.54) is 11.8 Å². The van der Waals surface area contributed by atoms with Crippen molar-refractivity contribution in [1.29, 1.82) is 0 Å². The van der Waals surface area contributed by atoms with Gasteiger partial charge in [-0.15, -0.1) is 11.8 Å². The van der Waals surface area contributed by atoms with Gasteiger partial charge in [0.1, 0.15) is 0 Å². The summed E-state index contributed by atoms with van der Waals surface area (Å²) >= 11 is 1.45. The molecule has 16 heavy (non-hydrogen) atoms. The van der Waals surface area contributed by atoms with E-state index in [9.17, 15) is 4.79 Å². The highest BCUT2D eigenvalue weighted by atomic mass is 32.2. The molecule has 0 fully saturated rings. The van der Waals surface area contributed by atoms with E-state index in [0.717, 1.165) is 0 Å². The lowest BCUT2D eigenvalue weighted by Crippen LogP contribution is -2.19. The summed E-state index contributed by atoms with van der Waals surface area (Å²) in [5, 5.41) is 6.46. The fraction of sp³-hybridized carbons (Fsp3) is 0.700. The maximum atomic E-state index is 11.0. The molecule has 0 saturated heterocycles. The molecule has 90 valence electrons. The smallest absolute Gasteiger partial charge is 0.236 e. The Morgan fingerprint density at radius 2 is 2.19 bits per heavy atom. The van der Waals surface area contributed by atoms with Gasteiger partial charge in [0, 0.05) is 12.5 Å². The average Bonchev–Trinajstić information content (AvgIpc) is 2.65. The molecule has 0 unspecified atom stereocenters. The molecule has 6 heteroatoms. The van der Waals surface area contributed by atoms with Crippen molar-refractivity contribution < 1.29 is 9.32 Å². The van der Waals surface area contributed by atoms with Crippen LogP contribution in [0.1, 0.15) is 32.5 Å². The zero-order valence-corrected chi connectivity index (χ0v) is 10.8. The second kappa shape index (κ2) is 5.34. The highest BCUT2D eigenvalue weighted by Gasteiger charge is 2.20. The van der Waals surface area contributed by atoms with Crippen LogP contribution < -0.4 is 5.32 Å². The summed E-state index contributed by atoms with van der Waals surface area (Å²) in [6, 6.07) is 0. The number of nitrogens with zero attached hydrogens (tertiary/aromatic N) is 2. The summed E-state index contributed by atoms with van der Waals surface area (Å²) in [5.41, 5.74) is -0.104. The Morgan fingerprint density at radius 1 is 1.50 bits per heavy atom. The first-order chi connectivity index (χ1) is 7.43. The molecule has 0 aromatic carbocycles. The monoisotopic (exact) mass is 243 g/mol. The van der Waals surface area contributed by atoms with E-state index in [4.69, 9.17) is 4.52 Å². The first kappa shape index (κ1) is 13.0. The Labute approximate surface area is 99.4 Å². The molecule has 0 bridgehead atoms. The number of rotatable bonds is 4. The average molecular weight is 243 g/mol. The predicted molar refractivity (Wildman–Crippen MR) is 63.2 cm³/mol. The molecule has 0 aliphatic heterocycles. The van der Waals surface area contributed by atoms with Gasteiger partial charge in [0.25, 0.3) is 0 Å². The van der Waals surface area contributed by atoms with Crippen molar-refractivity contribution in [1.82, 2.24) is 15.5 Å². The van der Waals surface area contributed by atoms with Gasteiger partial charge < -0.3 is 9.84 Å². The summed E-state index contributed by atoms with van der Waals surface area (Å²) in [6.45, 7) is 6.08. The third-order valence-electron chi connectivity index (χ3n) is 1.88. The third kappa shape index (κ3) is 3.84. The zero-order valence-electron chi connectivity index (χ0n) is 10.0. The summed E-state index contributed by atoms with van der Waals surface area (Å²) in [7, 11) is 1.62. The normalized spacial score (nSPS) is 11.5. The molecule has 1 amide bonds. The lowest BCUT2D eigenvalue weighted by molar-refractivity contribution is -0.118. The van der Waals surface area contributed by atoms with E-state index in [1.807, 2.05) is 20.8 Å². The Morgan fingerprint density at radius 3 is 2.69 bits per heavy atom. The van der Waals surface area contributed by atoms with Crippen LogP contribution >= 0.6 is 11.8 Å². The number of thioether (sulfide) groups is 1. The second-order valence-corrected chi connectivity index (χ2v) is 5.41. The van der Waals surface area contributed by atoms with E-state index in [2.05, 4.69) is 15.5 Å². The Kier molecular flexibility index (Phi) is 4.35. The van der Waals surface area contributed by atoms with Crippen molar-refractivity contribution in [3.05, 3.63) is 11.7 Å². The molecule has 0 aliphatic carbocycles. The zero-order chi connectivity index (χ0) is 12.2. The molecule has 1 N–H and O–H groups in total. The molecule has 5 nitrogen and oxygen atoms in total. The van der Waals surface area contributed by atoms with Gasteiger partial charge in [-0.1, -0.05) is 25.9 Å². The van der Waals surface area contributed by atoms with Crippen molar-refractivity contribution in [2.24, 2.45) is 0 Å². The number of aromatic nitrogens is 2. The summed E-state index contributed by atoms with van der Waals surface area (Å²) in [4.78, 5) is 15.2. The SMILES string of the molecule is CNC(=O)CSCc1nc(C(C)(C)C)no1. The number of carbonyl (C=O) groups is 1. The van der Waals surface area contributed by atoms with Crippen molar-refractivity contribution in [2.75, 3.05) is 12.8 Å². The molecule has 1 aromatic heterocycles. The first-order valence-electron chi connectivity index (χ1n) is 5.05. The van der Waals surface area contributed by atoms with Crippen molar-refractivity contribution in [3.8, 4) is 0 Å². The molecular weight excluding hydrogens is 226 g/mol. The number of hydrogen-bond acceptors (Lipinski definition) is 5. The van der Waals surface area contributed by atoms with Gasteiger partial charge in [-0.25, -0.2) is 0 Å². The van der Waals surface area contributed by atoms with Gasteiger partial charge in [-0.3, -0.25) is 4.79 Å². The maximum absolute atomic E-state index is 11.0. The van der Waals surface area contributed by atoms with Crippen LogP contribution in [-0.4, -0.2) is 28.8 Å². The van der Waals surface area contributed by atoms with Crippen molar-refractivity contribution >= 4 is 17.7 Å². The molecule has 0 saturated carbocycles. The molecule has 1 rings (SSSR count). The molecule has 0 aliphatic rings. The number of nitrogens with one attached hydrogen (secondary N) is 1. The lowest BCUT2D eigenvalue weighted by atomic mass is 9.96. The van der Waals surface area contributed by atoms with Gasteiger partial charge in [0.15, 0.2) is 5.82 Å². The molecule has 1 heterocycles. The van der Waals surface area contributed by atoms with Gasteiger partial charge >= 0.3 is 0 Å². The van der Waals surface area contributed by atoms with Crippen LogP contribution in [0.25, 0.3) is 0 Å². The molecule has 0 spiro atoms. The van der Waals surface area contributed by atoms with Crippen LogP contribution in [0, 0.1) is 0 Å². The van der Waals surface area contributed by atoms with E-state index in [0.29, 0.717) is 23.2 Å². The maximum Gasteiger partial charge on any atom is 0.236 e. The Bertz CT molecular complexity index is 357. The highest BCUT2D eigenvalue weighted by molar-refractivity contribution is 7.99. The van der Waals surface area contributed by atoms with Gasteiger partial charge in [0.2, 0.25) is 11.8 Å². The number of carbonyl (C=O) groups excluding carboxylic acids is 1. The van der Waals surface area contributed by atoms with Crippen LogP contribution in [0.4, 0.5) is 0 Å². The number of hydrogen-bond donors (Lipinski definition) is 1. The van der Waals surface area contributed by atoms with Gasteiger partial charge in [-0.05, 0) is 0 Å². The molecular formula is C10H17N3O2S. The number of amides is 1. The summed E-state index contributed by atoms with van der Waals surface area (Å²) in [5.74, 6) is 2.24. The summed E-state index contributed by atoms with van der Waals surface area (Å²) < 4.78 is 5.09. The van der Waals surface area contributed by atoms with Gasteiger partial charge in [-0.2, -0.15) is 4.98 Å². The van der Waals surface area contributed by atoms with Crippen LogP contribution in [0.15, 0.2) is 4.52 Å². The van der Waals surface area contributed by atoms with Crippen LogP contribution in [-0.2, 0) is 16.0 Å². The van der Waals surface area contributed by atoms with Crippen LogP contribution in [0.5, 0.6) is 0 Å². The summed E-state index contributed by atoms with van der Waals surface area (Å²) in [6.07, 6.45) is 0. The lowest BCUT2D eigenvalue weighted by Gasteiger charge is -2.10.